The van der Waals surface area contributed by atoms with Gasteiger partial charge in [-0.3, -0.25) is 4.79 Å². The predicted octanol–water partition coefficient (Wildman–Crippen LogP) is 0.880. The Kier molecular flexibility index (Phi) is 6.77. The van der Waals surface area contributed by atoms with E-state index < -0.39 is 0 Å². The molecule has 0 aliphatic heterocycles. The molecule has 7 heteroatoms. The normalized spacial score (nSPS) is 13.2. The molecule has 120 valence electrons. The molecule has 0 aliphatic rings. The maximum Gasteiger partial charge on any atom is 0.245 e. The number of hydrogen-bond donors (Lipinski definition) is 2. The first-order chi connectivity index (χ1) is 9.89. The molecule has 0 spiro atoms. The Labute approximate surface area is 126 Å². The van der Waals surface area contributed by atoms with Gasteiger partial charge in [0.2, 0.25) is 5.91 Å². The minimum Gasteiger partial charge on any atom is -0.383 e. The van der Waals surface area contributed by atoms with Gasteiger partial charge in [0, 0.05) is 25.7 Å². The van der Waals surface area contributed by atoms with Crippen molar-refractivity contribution in [3.63, 3.8) is 0 Å². The summed E-state index contributed by atoms with van der Waals surface area (Å²) >= 11 is 0. The van der Waals surface area contributed by atoms with E-state index in [1.54, 1.807) is 18.0 Å². The lowest BCUT2D eigenvalue weighted by atomic mass is 10.0. The van der Waals surface area contributed by atoms with Crippen molar-refractivity contribution < 1.29 is 9.53 Å². The van der Waals surface area contributed by atoms with E-state index in [9.17, 15) is 4.79 Å². The average Bonchev–Trinajstić information content (AvgIpc) is 2.91. The predicted molar refractivity (Wildman–Crippen MR) is 80.8 cm³/mol. The zero-order valence-corrected chi connectivity index (χ0v) is 13.6. The van der Waals surface area contributed by atoms with Gasteiger partial charge in [-0.2, -0.15) is 0 Å². The van der Waals surface area contributed by atoms with E-state index in [0.717, 1.165) is 18.7 Å². The van der Waals surface area contributed by atoms with Crippen molar-refractivity contribution in [2.45, 2.75) is 52.2 Å². The summed E-state index contributed by atoms with van der Waals surface area (Å²) in [6.45, 7) is 9.89. The third kappa shape index (κ3) is 5.81. The molecule has 21 heavy (non-hydrogen) atoms. The zero-order chi connectivity index (χ0) is 15.9. The van der Waals surface area contributed by atoms with Gasteiger partial charge in [-0.25, -0.2) is 4.68 Å². The molecule has 1 unspecified atom stereocenters. The Balaban J connectivity index is 2.53. The highest BCUT2D eigenvalue weighted by atomic mass is 16.5. The van der Waals surface area contributed by atoms with Crippen molar-refractivity contribution in [2.24, 2.45) is 0 Å². The van der Waals surface area contributed by atoms with Gasteiger partial charge in [0.15, 0.2) is 0 Å². The van der Waals surface area contributed by atoms with Crippen LogP contribution in [0.1, 0.15) is 45.9 Å². The van der Waals surface area contributed by atoms with Gasteiger partial charge in [0.25, 0.3) is 0 Å². The average molecular weight is 297 g/mol. The SMILES string of the molecule is CCC(C)(C)NC(=O)C(C)n1cc(CNCCOC)nn1. The number of aromatic nitrogens is 3. The molecule has 0 bridgehead atoms. The van der Waals surface area contributed by atoms with Gasteiger partial charge < -0.3 is 15.4 Å². The van der Waals surface area contributed by atoms with Crippen molar-refractivity contribution in [1.29, 1.82) is 0 Å². The molecular formula is C14H27N5O2. The molecule has 1 atom stereocenters. The van der Waals surface area contributed by atoms with E-state index in [-0.39, 0.29) is 17.5 Å². The summed E-state index contributed by atoms with van der Waals surface area (Å²) in [6.07, 6.45) is 2.67. The molecule has 7 nitrogen and oxygen atoms in total. The molecule has 0 radical (unpaired) electrons. The van der Waals surface area contributed by atoms with Crippen molar-refractivity contribution in [1.82, 2.24) is 25.6 Å². The van der Waals surface area contributed by atoms with Crippen LogP contribution in [-0.4, -0.2) is 46.7 Å². The summed E-state index contributed by atoms with van der Waals surface area (Å²) in [5, 5.41) is 14.3. The van der Waals surface area contributed by atoms with E-state index >= 15 is 0 Å². The van der Waals surface area contributed by atoms with Crippen LogP contribution in [0, 0.1) is 0 Å². The van der Waals surface area contributed by atoms with Crippen molar-refractivity contribution >= 4 is 5.91 Å². The number of methoxy groups -OCH3 is 1. The number of carbonyl (C=O) groups excluding carboxylic acids is 1. The van der Waals surface area contributed by atoms with Gasteiger partial charge in [-0.1, -0.05) is 12.1 Å². The quantitative estimate of drug-likeness (QED) is 0.661. The van der Waals surface area contributed by atoms with Crippen LogP contribution in [0.15, 0.2) is 6.20 Å². The Bertz CT molecular complexity index is 444. The Hall–Kier alpha value is -1.47. The van der Waals surface area contributed by atoms with Crippen LogP contribution in [0.25, 0.3) is 0 Å². The molecule has 0 aromatic carbocycles. The molecule has 0 saturated carbocycles. The number of nitrogens with zero attached hydrogens (tertiary/aromatic N) is 3. The molecule has 0 saturated heterocycles. The van der Waals surface area contributed by atoms with Crippen LogP contribution in [0.5, 0.6) is 0 Å². The molecule has 2 N–H and O–H groups in total. The third-order valence-electron chi connectivity index (χ3n) is 3.47. The molecule has 1 heterocycles. The molecule has 1 aromatic heterocycles. The summed E-state index contributed by atoms with van der Waals surface area (Å²) in [5.74, 6) is -0.0503. The number of rotatable bonds is 9. The van der Waals surface area contributed by atoms with Crippen LogP contribution in [0.3, 0.4) is 0 Å². The van der Waals surface area contributed by atoms with Crippen LogP contribution < -0.4 is 10.6 Å². The zero-order valence-electron chi connectivity index (χ0n) is 13.6. The van der Waals surface area contributed by atoms with Crippen LogP contribution >= 0.6 is 0 Å². The van der Waals surface area contributed by atoms with E-state index in [0.29, 0.717) is 13.2 Å². The highest BCUT2D eigenvalue weighted by Crippen LogP contribution is 2.11. The molecule has 0 fully saturated rings. The molecule has 1 rings (SSSR count). The van der Waals surface area contributed by atoms with E-state index in [1.165, 1.54) is 0 Å². The van der Waals surface area contributed by atoms with Gasteiger partial charge >= 0.3 is 0 Å². The number of ether oxygens (including phenoxy) is 1. The van der Waals surface area contributed by atoms with Gasteiger partial charge in [0.1, 0.15) is 6.04 Å². The van der Waals surface area contributed by atoms with E-state index in [2.05, 4.69) is 20.9 Å². The number of amides is 1. The molecule has 1 aromatic rings. The second-order valence-corrected chi connectivity index (χ2v) is 5.76. The molecular weight excluding hydrogens is 270 g/mol. The molecule has 0 aliphatic carbocycles. The monoisotopic (exact) mass is 297 g/mol. The second-order valence-electron chi connectivity index (χ2n) is 5.76. The fourth-order valence-corrected chi connectivity index (χ4v) is 1.62. The Morgan fingerprint density at radius 1 is 1.52 bits per heavy atom. The first-order valence-electron chi connectivity index (χ1n) is 7.32. The standard InChI is InChI=1S/C14H27N5O2/c1-6-14(3,4)16-13(20)11(2)19-10-12(17-18-19)9-15-7-8-21-5/h10-11,15H,6-9H2,1-5H3,(H,16,20). The van der Waals surface area contributed by atoms with E-state index in [1.807, 2.05) is 27.7 Å². The summed E-state index contributed by atoms with van der Waals surface area (Å²) in [5.41, 5.74) is 0.594. The van der Waals surface area contributed by atoms with Gasteiger partial charge in [-0.05, 0) is 27.2 Å². The summed E-state index contributed by atoms with van der Waals surface area (Å²) < 4.78 is 6.55. The molecule has 1 amide bonds. The largest absolute Gasteiger partial charge is 0.383 e. The summed E-state index contributed by atoms with van der Waals surface area (Å²) in [6, 6.07) is -0.379. The maximum atomic E-state index is 12.2. The van der Waals surface area contributed by atoms with Gasteiger partial charge in [-0.15, -0.1) is 5.10 Å². The third-order valence-corrected chi connectivity index (χ3v) is 3.47. The second kappa shape index (κ2) is 8.09. The minimum absolute atomic E-state index is 0.0503. The Morgan fingerprint density at radius 3 is 2.86 bits per heavy atom. The fraction of sp³-hybridized carbons (Fsp3) is 0.786. The van der Waals surface area contributed by atoms with E-state index in [4.69, 9.17) is 4.74 Å². The van der Waals surface area contributed by atoms with Crippen LogP contribution in [-0.2, 0) is 16.1 Å². The lowest BCUT2D eigenvalue weighted by Crippen LogP contribution is -2.45. The van der Waals surface area contributed by atoms with Crippen molar-refractivity contribution in [2.75, 3.05) is 20.3 Å². The topological polar surface area (TPSA) is 81.1 Å². The highest BCUT2D eigenvalue weighted by molar-refractivity contribution is 5.80. The lowest BCUT2D eigenvalue weighted by molar-refractivity contribution is -0.125. The van der Waals surface area contributed by atoms with Crippen LogP contribution in [0.4, 0.5) is 0 Å². The number of carbonyl (C=O) groups is 1. The fourth-order valence-electron chi connectivity index (χ4n) is 1.62. The summed E-state index contributed by atoms with van der Waals surface area (Å²) in [4.78, 5) is 12.2. The maximum absolute atomic E-state index is 12.2. The van der Waals surface area contributed by atoms with Crippen LogP contribution in [0.2, 0.25) is 0 Å². The first kappa shape index (κ1) is 17.6. The van der Waals surface area contributed by atoms with Gasteiger partial charge in [0.05, 0.1) is 18.5 Å². The van der Waals surface area contributed by atoms with Crippen molar-refractivity contribution in [3.05, 3.63) is 11.9 Å². The number of hydrogen-bond acceptors (Lipinski definition) is 5. The Morgan fingerprint density at radius 2 is 2.24 bits per heavy atom. The van der Waals surface area contributed by atoms with Crippen molar-refractivity contribution in [3.8, 4) is 0 Å². The first-order valence-corrected chi connectivity index (χ1v) is 7.32. The number of nitrogens with one attached hydrogen (secondary N) is 2. The minimum atomic E-state index is -0.379. The lowest BCUT2D eigenvalue weighted by Gasteiger charge is -2.26. The highest BCUT2D eigenvalue weighted by Gasteiger charge is 2.23. The summed E-state index contributed by atoms with van der Waals surface area (Å²) in [7, 11) is 1.66. The smallest absolute Gasteiger partial charge is 0.245 e.